The number of halogens is 2. The molecule has 0 bridgehead atoms. The molecular formula is C13H15FINO2. The first-order valence-corrected chi connectivity index (χ1v) is 6.95. The van der Waals surface area contributed by atoms with E-state index in [-0.39, 0.29) is 23.9 Å². The van der Waals surface area contributed by atoms with E-state index in [4.69, 9.17) is 4.74 Å². The van der Waals surface area contributed by atoms with Crippen molar-refractivity contribution in [3.05, 3.63) is 33.1 Å². The molecule has 0 aliphatic carbocycles. The molecular weight excluding hydrogens is 348 g/mol. The summed E-state index contributed by atoms with van der Waals surface area (Å²) in [5.74, 6) is -0.374. The van der Waals surface area contributed by atoms with Gasteiger partial charge >= 0.3 is 0 Å². The first kappa shape index (κ1) is 13.7. The highest BCUT2D eigenvalue weighted by Crippen LogP contribution is 2.19. The van der Waals surface area contributed by atoms with Gasteiger partial charge in [-0.05, 0) is 54.6 Å². The third-order valence-corrected chi connectivity index (χ3v) is 3.76. The smallest absolute Gasteiger partial charge is 0.255 e. The Morgan fingerprint density at radius 3 is 2.56 bits per heavy atom. The minimum absolute atomic E-state index is 0.0378. The zero-order valence-corrected chi connectivity index (χ0v) is 12.5. The van der Waals surface area contributed by atoms with Crippen LogP contribution < -0.4 is 0 Å². The normalized spacial score (nSPS) is 24.1. The summed E-state index contributed by atoms with van der Waals surface area (Å²) >= 11 is 1.99. The highest BCUT2D eigenvalue weighted by atomic mass is 127. The number of amides is 1. The summed E-state index contributed by atoms with van der Waals surface area (Å²) in [7, 11) is 0. The quantitative estimate of drug-likeness (QED) is 0.719. The second-order valence-corrected chi connectivity index (χ2v) is 5.75. The molecule has 2 rings (SSSR count). The molecule has 1 aromatic rings. The van der Waals surface area contributed by atoms with Crippen molar-refractivity contribution in [1.82, 2.24) is 4.90 Å². The summed E-state index contributed by atoms with van der Waals surface area (Å²) < 4.78 is 19.3. The average molecular weight is 363 g/mol. The summed E-state index contributed by atoms with van der Waals surface area (Å²) in [5, 5.41) is 0. The SMILES string of the molecule is C[C@@H]1CN(C(=O)c2ccc(F)cc2I)C[C@H](C)O1. The van der Waals surface area contributed by atoms with E-state index in [1.165, 1.54) is 12.1 Å². The number of hydrogen-bond donors (Lipinski definition) is 0. The van der Waals surface area contributed by atoms with Crippen molar-refractivity contribution in [3.63, 3.8) is 0 Å². The molecule has 1 aliphatic heterocycles. The molecule has 0 saturated carbocycles. The number of rotatable bonds is 1. The topological polar surface area (TPSA) is 29.5 Å². The fourth-order valence-electron chi connectivity index (χ4n) is 2.18. The molecule has 0 N–H and O–H groups in total. The number of carbonyl (C=O) groups excluding carboxylic acids is 1. The maximum atomic E-state index is 13.0. The zero-order chi connectivity index (χ0) is 13.3. The third-order valence-electron chi connectivity index (χ3n) is 2.87. The van der Waals surface area contributed by atoms with Crippen LogP contribution in [0, 0.1) is 9.39 Å². The lowest BCUT2D eigenvalue weighted by Gasteiger charge is -2.35. The summed E-state index contributed by atoms with van der Waals surface area (Å²) in [6, 6.07) is 4.24. The van der Waals surface area contributed by atoms with Crippen molar-refractivity contribution in [2.45, 2.75) is 26.1 Å². The monoisotopic (exact) mass is 363 g/mol. The highest BCUT2D eigenvalue weighted by molar-refractivity contribution is 14.1. The van der Waals surface area contributed by atoms with Gasteiger partial charge in [0.05, 0.1) is 17.8 Å². The minimum atomic E-state index is -0.320. The number of nitrogens with zero attached hydrogens (tertiary/aromatic N) is 1. The van der Waals surface area contributed by atoms with Gasteiger partial charge in [0.2, 0.25) is 0 Å². The molecule has 1 saturated heterocycles. The molecule has 98 valence electrons. The van der Waals surface area contributed by atoms with Crippen molar-refractivity contribution in [3.8, 4) is 0 Å². The van der Waals surface area contributed by atoms with Gasteiger partial charge in [0.15, 0.2) is 0 Å². The van der Waals surface area contributed by atoms with Gasteiger partial charge < -0.3 is 9.64 Å². The minimum Gasteiger partial charge on any atom is -0.372 e. The van der Waals surface area contributed by atoms with Gasteiger partial charge in [-0.2, -0.15) is 0 Å². The molecule has 0 radical (unpaired) electrons. The molecule has 1 aromatic carbocycles. The van der Waals surface area contributed by atoms with Crippen LogP contribution in [0.3, 0.4) is 0 Å². The Morgan fingerprint density at radius 1 is 1.39 bits per heavy atom. The van der Waals surface area contributed by atoms with E-state index in [1.54, 1.807) is 11.0 Å². The van der Waals surface area contributed by atoms with Gasteiger partial charge in [-0.25, -0.2) is 4.39 Å². The van der Waals surface area contributed by atoms with Crippen LogP contribution >= 0.6 is 22.6 Å². The van der Waals surface area contributed by atoms with Crippen molar-refractivity contribution < 1.29 is 13.9 Å². The number of benzene rings is 1. The van der Waals surface area contributed by atoms with Crippen molar-refractivity contribution in [1.29, 1.82) is 0 Å². The fourth-order valence-corrected chi connectivity index (χ4v) is 2.88. The predicted molar refractivity (Wildman–Crippen MR) is 75.0 cm³/mol. The molecule has 0 spiro atoms. The van der Waals surface area contributed by atoms with Crippen LogP contribution in [0.2, 0.25) is 0 Å². The van der Waals surface area contributed by atoms with Crippen LogP contribution in [0.1, 0.15) is 24.2 Å². The average Bonchev–Trinajstić information content (AvgIpc) is 2.26. The van der Waals surface area contributed by atoms with Gasteiger partial charge in [-0.3, -0.25) is 4.79 Å². The Morgan fingerprint density at radius 2 is 2.00 bits per heavy atom. The van der Waals surface area contributed by atoms with Gasteiger partial charge in [-0.1, -0.05) is 0 Å². The molecule has 1 aliphatic rings. The van der Waals surface area contributed by atoms with Crippen LogP contribution in [0.15, 0.2) is 18.2 Å². The first-order chi connectivity index (χ1) is 8.47. The molecule has 0 unspecified atom stereocenters. The Balaban J connectivity index is 2.20. The van der Waals surface area contributed by atoms with E-state index in [2.05, 4.69) is 0 Å². The Kier molecular flexibility index (Phi) is 4.21. The largest absolute Gasteiger partial charge is 0.372 e. The van der Waals surface area contributed by atoms with Crippen LogP contribution in [-0.2, 0) is 4.74 Å². The number of morpholine rings is 1. The summed E-state index contributed by atoms with van der Waals surface area (Å²) in [6.07, 6.45) is 0.0756. The molecule has 5 heteroatoms. The molecule has 0 aromatic heterocycles. The van der Waals surface area contributed by atoms with Gasteiger partial charge in [0.1, 0.15) is 5.82 Å². The zero-order valence-electron chi connectivity index (χ0n) is 10.3. The molecule has 3 nitrogen and oxygen atoms in total. The molecule has 1 heterocycles. The maximum Gasteiger partial charge on any atom is 0.255 e. The lowest BCUT2D eigenvalue weighted by atomic mass is 10.1. The van der Waals surface area contributed by atoms with Crippen molar-refractivity contribution in [2.24, 2.45) is 0 Å². The van der Waals surface area contributed by atoms with Crippen molar-refractivity contribution in [2.75, 3.05) is 13.1 Å². The lowest BCUT2D eigenvalue weighted by molar-refractivity contribution is -0.0586. The van der Waals surface area contributed by atoms with Gasteiger partial charge in [0, 0.05) is 16.7 Å². The van der Waals surface area contributed by atoms with E-state index < -0.39 is 0 Å². The van der Waals surface area contributed by atoms with Crippen LogP contribution in [0.4, 0.5) is 4.39 Å². The van der Waals surface area contributed by atoms with E-state index in [0.717, 1.165) is 0 Å². The lowest BCUT2D eigenvalue weighted by Crippen LogP contribution is -2.48. The molecule has 18 heavy (non-hydrogen) atoms. The molecule has 1 amide bonds. The van der Waals surface area contributed by atoms with Gasteiger partial charge in [-0.15, -0.1) is 0 Å². The fraction of sp³-hybridized carbons (Fsp3) is 0.462. The van der Waals surface area contributed by atoms with E-state index in [9.17, 15) is 9.18 Å². The number of ether oxygens (including phenoxy) is 1. The first-order valence-electron chi connectivity index (χ1n) is 5.87. The van der Waals surface area contributed by atoms with E-state index in [0.29, 0.717) is 22.2 Å². The Hall–Kier alpha value is -0.690. The van der Waals surface area contributed by atoms with Crippen LogP contribution in [0.5, 0.6) is 0 Å². The second-order valence-electron chi connectivity index (χ2n) is 4.59. The van der Waals surface area contributed by atoms with Crippen molar-refractivity contribution >= 4 is 28.5 Å². The summed E-state index contributed by atoms with van der Waals surface area (Å²) in [4.78, 5) is 14.1. The third kappa shape index (κ3) is 3.00. The Bertz CT molecular complexity index is 456. The van der Waals surface area contributed by atoms with Gasteiger partial charge in [0.25, 0.3) is 5.91 Å². The Labute approximate surface area is 119 Å². The number of hydrogen-bond acceptors (Lipinski definition) is 2. The standard InChI is InChI=1S/C13H15FINO2/c1-8-6-16(7-9(2)18-8)13(17)11-4-3-10(14)5-12(11)15/h3-5,8-9H,6-7H2,1-2H3/t8-,9+. The van der Waals surface area contributed by atoms with Crippen LogP contribution in [-0.4, -0.2) is 36.1 Å². The number of carbonyl (C=O) groups is 1. The van der Waals surface area contributed by atoms with Crippen LogP contribution in [0.25, 0.3) is 0 Å². The second kappa shape index (κ2) is 5.52. The predicted octanol–water partition coefficient (Wildman–Crippen LogP) is 2.68. The summed E-state index contributed by atoms with van der Waals surface area (Å²) in [6.45, 7) is 5.06. The highest BCUT2D eigenvalue weighted by Gasteiger charge is 2.27. The summed E-state index contributed by atoms with van der Waals surface area (Å²) in [5.41, 5.74) is 0.554. The van der Waals surface area contributed by atoms with E-state index >= 15 is 0 Å². The maximum absolute atomic E-state index is 13.0. The molecule has 1 fully saturated rings. The molecule has 2 atom stereocenters. The van der Waals surface area contributed by atoms with E-state index in [1.807, 2.05) is 36.4 Å².